The zero-order valence-corrected chi connectivity index (χ0v) is 24.0. The first-order chi connectivity index (χ1) is 18.9. The molecule has 3 rings (SSSR count). The van der Waals surface area contributed by atoms with Gasteiger partial charge in [0.1, 0.15) is 17.8 Å². The predicted octanol–water partition coefficient (Wildman–Crippen LogP) is 2.45. The fourth-order valence-corrected chi connectivity index (χ4v) is 5.65. The third-order valence-corrected chi connectivity index (χ3v) is 7.63. The number of amides is 2. The number of hydrogen-bond donors (Lipinski definition) is 4. The first kappa shape index (κ1) is 31.3. The van der Waals surface area contributed by atoms with Crippen LogP contribution >= 0.6 is 11.6 Å². The van der Waals surface area contributed by atoms with E-state index in [0.717, 1.165) is 5.56 Å². The van der Waals surface area contributed by atoms with Gasteiger partial charge in [0.05, 0.1) is 0 Å². The number of benzene rings is 2. The highest BCUT2D eigenvalue weighted by molar-refractivity contribution is 7.87. The Kier molecular flexibility index (Phi) is 11.3. The number of aliphatic carboxylic acids is 1. The summed E-state index contributed by atoms with van der Waals surface area (Å²) in [5.74, 6) is -1.76. The van der Waals surface area contributed by atoms with E-state index < -0.39 is 46.7 Å². The Labute approximate surface area is 239 Å². The van der Waals surface area contributed by atoms with E-state index >= 15 is 0 Å². The Bertz CT molecular complexity index is 1290. The Morgan fingerprint density at radius 3 is 2.52 bits per heavy atom. The van der Waals surface area contributed by atoms with Crippen molar-refractivity contribution in [3.63, 3.8) is 0 Å². The number of halogens is 1. The molecule has 0 saturated carbocycles. The van der Waals surface area contributed by atoms with E-state index in [0.29, 0.717) is 30.0 Å². The van der Waals surface area contributed by atoms with E-state index in [2.05, 4.69) is 14.8 Å². The van der Waals surface area contributed by atoms with Crippen molar-refractivity contribution in [3.05, 3.63) is 64.7 Å². The molecule has 1 saturated heterocycles. The molecule has 2 aromatic carbocycles. The van der Waals surface area contributed by atoms with Crippen molar-refractivity contribution in [2.24, 2.45) is 5.92 Å². The number of carboxylic acids is 1. The van der Waals surface area contributed by atoms with Crippen molar-refractivity contribution in [1.29, 1.82) is 0 Å². The topological polar surface area (TPSA) is 154 Å². The SMILES string of the molecule is CC(C)C[C@H](NS(=O)(=O)NCc1ccccc1)C(=O)N1CCC[C@H]1C(=O)NCc1cc(Cl)ccc1OCC(=O)O. The van der Waals surface area contributed by atoms with Crippen LogP contribution in [0.5, 0.6) is 5.75 Å². The predicted molar refractivity (Wildman–Crippen MR) is 150 cm³/mol. The van der Waals surface area contributed by atoms with Crippen molar-refractivity contribution < 1.29 is 32.6 Å². The normalized spacial score (nSPS) is 16.1. The standard InChI is InChI=1S/C27H35ClN4O7S/c1-18(2)13-22(31-40(37,38)30-15-19-7-4-3-5-8-19)27(36)32-12-6-9-23(32)26(35)29-16-20-14-21(28)10-11-24(20)39-17-25(33)34/h3-5,7-8,10-11,14,18,22-23,30-31H,6,9,12-13,15-17H2,1-2H3,(H,29,35)(H,33,34)/t22-,23-/m0/s1. The molecule has 1 aliphatic rings. The summed E-state index contributed by atoms with van der Waals surface area (Å²) in [6.07, 6.45) is 1.26. The Morgan fingerprint density at radius 1 is 1.12 bits per heavy atom. The summed E-state index contributed by atoms with van der Waals surface area (Å²) in [6.45, 7) is 3.59. The second kappa shape index (κ2) is 14.4. The number of carbonyl (C=O) groups is 3. The third kappa shape index (κ3) is 9.47. The summed E-state index contributed by atoms with van der Waals surface area (Å²) in [6, 6.07) is 11.8. The summed E-state index contributed by atoms with van der Waals surface area (Å²) < 4.78 is 35.9. The van der Waals surface area contributed by atoms with E-state index in [9.17, 15) is 22.8 Å². The first-order valence-electron chi connectivity index (χ1n) is 13.0. The molecule has 0 aliphatic carbocycles. The monoisotopic (exact) mass is 594 g/mol. The number of nitrogens with zero attached hydrogens (tertiary/aromatic N) is 1. The molecule has 2 atom stereocenters. The molecule has 13 heteroatoms. The van der Waals surface area contributed by atoms with Gasteiger partial charge in [-0.05, 0) is 48.9 Å². The lowest BCUT2D eigenvalue weighted by Gasteiger charge is -2.29. The average molecular weight is 595 g/mol. The summed E-state index contributed by atoms with van der Waals surface area (Å²) in [4.78, 5) is 39.0. The van der Waals surface area contributed by atoms with Crippen molar-refractivity contribution in [2.75, 3.05) is 13.2 Å². The molecular formula is C27H35ClN4O7S. The van der Waals surface area contributed by atoms with Gasteiger partial charge in [0.15, 0.2) is 6.61 Å². The van der Waals surface area contributed by atoms with Crippen molar-refractivity contribution in [2.45, 2.75) is 58.3 Å². The van der Waals surface area contributed by atoms with Crippen molar-refractivity contribution >= 4 is 39.6 Å². The minimum Gasteiger partial charge on any atom is -0.482 e. The Morgan fingerprint density at radius 2 is 1.85 bits per heavy atom. The average Bonchev–Trinajstić information content (AvgIpc) is 3.39. The van der Waals surface area contributed by atoms with Gasteiger partial charge in [0.25, 0.3) is 10.2 Å². The molecule has 2 aromatic rings. The van der Waals surface area contributed by atoms with Crippen LogP contribution in [0.2, 0.25) is 5.02 Å². The number of rotatable bonds is 14. The molecule has 0 spiro atoms. The maximum absolute atomic E-state index is 13.6. The zero-order valence-electron chi connectivity index (χ0n) is 22.4. The molecule has 1 aliphatic heterocycles. The first-order valence-corrected chi connectivity index (χ1v) is 14.8. The largest absolute Gasteiger partial charge is 0.482 e. The van der Waals surface area contributed by atoms with Crippen LogP contribution in [0.1, 0.15) is 44.2 Å². The highest BCUT2D eigenvalue weighted by Crippen LogP contribution is 2.24. The van der Waals surface area contributed by atoms with Crippen LogP contribution < -0.4 is 19.5 Å². The van der Waals surface area contributed by atoms with Gasteiger partial charge in [0, 0.05) is 30.2 Å². The minimum absolute atomic E-state index is 0.00165. The molecule has 0 unspecified atom stereocenters. The van der Waals surface area contributed by atoms with E-state index in [1.165, 1.54) is 11.0 Å². The zero-order chi connectivity index (χ0) is 29.3. The second-order valence-electron chi connectivity index (χ2n) is 9.95. The lowest BCUT2D eigenvalue weighted by molar-refractivity contribution is -0.140. The van der Waals surface area contributed by atoms with Crippen molar-refractivity contribution in [3.8, 4) is 5.75 Å². The molecule has 1 heterocycles. The van der Waals surface area contributed by atoms with Crippen LogP contribution in [0.25, 0.3) is 0 Å². The maximum Gasteiger partial charge on any atom is 0.341 e. The van der Waals surface area contributed by atoms with E-state index in [1.54, 1.807) is 36.4 Å². The van der Waals surface area contributed by atoms with Crippen LogP contribution in [0, 0.1) is 5.92 Å². The van der Waals surface area contributed by atoms with E-state index in [-0.39, 0.29) is 31.2 Å². The molecule has 2 amide bonds. The minimum atomic E-state index is -4.02. The summed E-state index contributed by atoms with van der Waals surface area (Å²) in [7, 11) is -4.02. The van der Waals surface area contributed by atoms with Gasteiger partial charge >= 0.3 is 5.97 Å². The number of carbonyl (C=O) groups excluding carboxylic acids is 2. The molecule has 0 radical (unpaired) electrons. The lowest BCUT2D eigenvalue weighted by atomic mass is 10.0. The molecule has 40 heavy (non-hydrogen) atoms. The van der Waals surface area contributed by atoms with E-state index in [4.69, 9.17) is 21.4 Å². The van der Waals surface area contributed by atoms with Gasteiger partial charge in [-0.3, -0.25) is 9.59 Å². The van der Waals surface area contributed by atoms with Gasteiger partial charge < -0.3 is 20.1 Å². The van der Waals surface area contributed by atoms with Gasteiger partial charge in [-0.2, -0.15) is 17.9 Å². The molecule has 0 bridgehead atoms. The van der Waals surface area contributed by atoms with Crippen molar-refractivity contribution in [1.82, 2.24) is 19.7 Å². The maximum atomic E-state index is 13.6. The summed E-state index contributed by atoms with van der Waals surface area (Å²) in [5, 5.41) is 12.1. The highest BCUT2D eigenvalue weighted by atomic mass is 35.5. The molecular weight excluding hydrogens is 560 g/mol. The van der Waals surface area contributed by atoms with Crippen LogP contribution in [-0.2, 0) is 37.7 Å². The highest BCUT2D eigenvalue weighted by Gasteiger charge is 2.38. The number of hydrogen-bond acceptors (Lipinski definition) is 6. The third-order valence-electron chi connectivity index (χ3n) is 6.28. The van der Waals surface area contributed by atoms with Crippen LogP contribution in [0.15, 0.2) is 48.5 Å². The number of likely N-dealkylation sites (tertiary alicyclic amines) is 1. The molecule has 0 aromatic heterocycles. The quantitative estimate of drug-likeness (QED) is 0.262. The summed E-state index contributed by atoms with van der Waals surface area (Å²) >= 11 is 6.07. The fraction of sp³-hybridized carbons (Fsp3) is 0.444. The van der Waals surface area contributed by atoms with Gasteiger partial charge in [-0.15, -0.1) is 0 Å². The Balaban J connectivity index is 1.67. The number of ether oxygens (including phenoxy) is 1. The van der Waals surface area contributed by atoms with Crippen LogP contribution in [0.4, 0.5) is 0 Å². The molecule has 4 N–H and O–H groups in total. The molecule has 218 valence electrons. The lowest BCUT2D eigenvalue weighted by Crippen LogP contribution is -2.55. The number of carboxylic acid groups (broad SMARTS) is 1. The number of nitrogens with one attached hydrogen (secondary N) is 3. The smallest absolute Gasteiger partial charge is 0.341 e. The Hall–Kier alpha value is -3.19. The summed E-state index contributed by atoms with van der Waals surface area (Å²) in [5.41, 5.74) is 1.25. The van der Waals surface area contributed by atoms with Gasteiger partial charge in [0.2, 0.25) is 11.8 Å². The van der Waals surface area contributed by atoms with Crippen LogP contribution in [-0.4, -0.2) is 61.4 Å². The van der Waals surface area contributed by atoms with Gasteiger partial charge in [-0.1, -0.05) is 55.8 Å². The van der Waals surface area contributed by atoms with Gasteiger partial charge in [-0.25, -0.2) is 4.79 Å². The van der Waals surface area contributed by atoms with E-state index in [1.807, 2.05) is 19.9 Å². The van der Waals surface area contributed by atoms with Crippen LogP contribution in [0.3, 0.4) is 0 Å². The second-order valence-corrected chi connectivity index (χ2v) is 11.9. The molecule has 1 fully saturated rings. The fourth-order valence-electron chi connectivity index (χ4n) is 4.44. The molecule has 11 nitrogen and oxygen atoms in total.